The molecule has 0 spiro atoms. The van der Waals surface area contributed by atoms with Crippen molar-refractivity contribution in [2.75, 3.05) is 32.8 Å². The Morgan fingerprint density at radius 1 is 1.37 bits per heavy atom. The predicted octanol–water partition coefficient (Wildman–Crippen LogP) is 2.56. The van der Waals surface area contributed by atoms with E-state index in [1.807, 2.05) is 6.92 Å². The minimum Gasteiger partial charge on any atom is -0.466 e. The number of rotatable bonds is 9. The summed E-state index contributed by atoms with van der Waals surface area (Å²) in [7, 11) is -3.91. The van der Waals surface area contributed by atoms with E-state index in [4.69, 9.17) is 4.74 Å². The molecule has 1 heterocycles. The third kappa shape index (κ3) is 5.49. The highest BCUT2D eigenvalue weighted by atomic mass is 32.2. The number of ether oxygens (including phenoxy) is 1. The van der Waals surface area contributed by atoms with Gasteiger partial charge in [0.1, 0.15) is 5.82 Å². The van der Waals surface area contributed by atoms with E-state index in [0.29, 0.717) is 5.56 Å². The van der Waals surface area contributed by atoms with Crippen LogP contribution in [0, 0.1) is 12.7 Å². The first-order chi connectivity index (χ1) is 12.8. The standard InChI is InChI=1S/C19H29FN2O4S/c1-4-21-11-6-7-16(21)14-22(12-10-19(23)26-5-2)27(24,25)17-9-8-15(3)18(20)13-17/h8-9,13,16H,4-7,10-12,14H2,1-3H3/t16-/m1/s1. The van der Waals surface area contributed by atoms with Crippen molar-refractivity contribution >= 4 is 16.0 Å². The molecule has 0 amide bonds. The number of benzene rings is 1. The molecular formula is C19H29FN2O4S. The third-order valence-electron chi connectivity index (χ3n) is 4.97. The number of carbonyl (C=O) groups is 1. The van der Waals surface area contributed by atoms with E-state index in [-0.39, 0.29) is 37.1 Å². The quantitative estimate of drug-likeness (QED) is 0.596. The van der Waals surface area contributed by atoms with Gasteiger partial charge in [0, 0.05) is 19.1 Å². The molecule has 0 N–H and O–H groups in total. The molecule has 8 heteroatoms. The fraction of sp³-hybridized carbons (Fsp3) is 0.632. The Balaban J connectivity index is 2.25. The van der Waals surface area contributed by atoms with Crippen molar-refractivity contribution in [2.24, 2.45) is 0 Å². The number of aryl methyl sites for hydroxylation is 1. The summed E-state index contributed by atoms with van der Waals surface area (Å²) in [5.41, 5.74) is 0.389. The monoisotopic (exact) mass is 400 g/mol. The van der Waals surface area contributed by atoms with Crippen LogP contribution in [0.4, 0.5) is 4.39 Å². The third-order valence-corrected chi connectivity index (χ3v) is 6.83. The number of sulfonamides is 1. The molecule has 0 bridgehead atoms. The van der Waals surface area contributed by atoms with Gasteiger partial charge in [0.15, 0.2) is 0 Å². The van der Waals surface area contributed by atoms with Crippen LogP contribution in [0.5, 0.6) is 0 Å². The maximum Gasteiger partial charge on any atom is 0.307 e. The lowest BCUT2D eigenvalue weighted by Gasteiger charge is -2.29. The van der Waals surface area contributed by atoms with Gasteiger partial charge in [0.25, 0.3) is 0 Å². The van der Waals surface area contributed by atoms with E-state index in [1.165, 1.54) is 16.4 Å². The average Bonchev–Trinajstić information content (AvgIpc) is 3.08. The van der Waals surface area contributed by atoms with Crippen molar-refractivity contribution in [1.29, 1.82) is 0 Å². The van der Waals surface area contributed by atoms with Crippen LogP contribution in [0.2, 0.25) is 0 Å². The second kappa shape index (κ2) is 9.61. The number of hydrogen-bond acceptors (Lipinski definition) is 5. The molecule has 1 aliphatic heterocycles. The van der Waals surface area contributed by atoms with Gasteiger partial charge in [0.2, 0.25) is 10.0 Å². The van der Waals surface area contributed by atoms with E-state index < -0.39 is 21.8 Å². The van der Waals surface area contributed by atoms with E-state index in [1.54, 1.807) is 13.8 Å². The number of hydrogen-bond donors (Lipinski definition) is 0. The van der Waals surface area contributed by atoms with Crippen molar-refractivity contribution in [1.82, 2.24) is 9.21 Å². The maximum absolute atomic E-state index is 13.9. The zero-order chi connectivity index (χ0) is 20.0. The highest BCUT2D eigenvalue weighted by Crippen LogP contribution is 2.23. The Kier molecular flexibility index (Phi) is 7.76. The molecule has 152 valence electrons. The number of nitrogens with zero attached hydrogens (tertiary/aromatic N) is 2. The largest absolute Gasteiger partial charge is 0.466 e. The molecule has 27 heavy (non-hydrogen) atoms. The highest BCUT2D eigenvalue weighted by Gasteiger charge is 2.32. The van der Waals surface area contributed by atoms with Crippen LogP contribution >= 0.6 is 0 Å². The minimum absolute atomic E-state index is 0.0186. The zero-order valence-corrected chi connectivity index (χ0v) is 17.1. The molecule has 1 aromatic carbocycles. The molecule has 1 fully saturated rings. The Labute approximate surface area is 161 Å². The smallest absolute Gasteiger partial charge is 0.307 e. The summed E-state index contributed by atoms with van der Waals surface area (Å²) in [6.45, 7) is 7.67. The van der Waals surface area contributed by atoms with Crippen LogP contribution < -0.4 is 0 Å². The lowest BCUT2D eigenvalue weighted by atomic mass is 10.2. The van der Waals surface area contributed by atoms with Crippen molar-refractivity contribution < 1.29 is 22.3 Å². The van der Waals surface area contributed by atoms with Crippen LogP contribution in [-0.2, 0) is 19.6 Å². The van der Waals surface area contributed by atoms with Crippen molar-refractivity contribution in [2.45, 2.75) is 51.0 Å². The molecule has 0 aliphatic carbocycles. The van der Waals surface area contributed by atoms with E-state index in [9.17, 15) is 17.6 Å². The van der Waals surface area contributed by atoms with Crippen molar-refractivity contribution in [3.05, 3.63) is 29.6 Å². The molecule has 1 atom stereocenters. The zero-order valence-electron chi connectivity index (χ0n) is 16.3. The predicted molar refractivity (Wildman–Crippen MR) is 101 cm³/mol. The van der Waals surface area contributed by atoms with Gasteiger partial charge in [-0.3, -0.25) is 9.69 Å². The minimum atomic E-state index is -3.91. The van der Waals surface area contributed by atoms with Crippen LogP contribution in [0.3, 0.4) is 0 Å². The van der Waals surface area contributed by atoms with Gasteiger partial charge in [-0.05, 0) is 57.5 Å². The molecule has 2 rings (SSSR count). The normalized spacial score (nSPS) is 18.2. The summed E-state index contributed by atoms with van der Waals surface area (Å²) in [6, 6.07) is 4.02. The first kappa shape index (κ1) is 21.8. The summed E-state index contributed by atoms with van der Waals surface area (Å²) < 4.78 is 46.4. The Morgan fingerprint density at radius 2 is 2.11 bits per heavy atom. The number of likely N-dealkylation sites (tertiary alicyclic amines) is 1. The van der Waals surface area contributed by atoms with Gasteiger partial charge in [-0.15, -0.1) is 0 Å². The average molecular weight is 401 g/mol. The Hall–Kier alpha value is -1.51. The molecule has 6 nitrogen and oxygen atoms in total. The van der Waals surface area contributed by atoms with E-state index >= 15 is 0 Å². The highest BCUT2D eigenvalue weighted by molar-refractivity contribution is 7.89. The number of esters is 1. The van der Waals surface area contributed by atoms with Gasteiger partial charge in [-0.2, -0.15) is 4.31 Å². The first-order valence-corrected chi connectivity index (χ1v) is 10.9. The van der Waals surface area contributed by atoms with Gasteiger partial charge in [-0.25, -0.2) is 12.8 Å². The Bertz CT molecular complexity index is 754. The first-order valence-electron chi connectivity index (χ1n) is 9.45. The molecule has 1 aliphatic rings. The Morgan fingerprint density at radius 3 is 2.74 bits per heavy atom. The summed E-state index contributed by atoms with van der Waals surface area (Å²) in [6.07, 6.45) is 1.89. The van der Waals surface area contributed by atoms with E-state index in [0.717, 1.165) is 32.0 Å². The molecule has 1 aromatic rings. The SMILES string of the molecule is CCOC(=O)CCN(C[C@H]1CCCN1CC)S(=O)(=O)c1ccc(C)c(F)c1. The molecule has 0 unspecified atom stereocenters. The van der Waals surface area contributed by atoms with Gasteiger partial charge in [0.05, 0.1) is 17.9 Å². The molecule has 0 aromatic heterocycles. The summed E-state index contributed by atoms with van der Waals surface area (Å²) in [5.74, 6) is -0.996. The van der Waals surface area contributed by atoms with Crippen LogP contribution in [0.1, 0.15) is 38.7 Å². The number of likely N-dealkylation sites (N-methyl/N-ethyl adjacent to an activating group) is 1. The lowest BCUT2D eigenvalue weighted by molar-refractivity contribution is -0.143. The topological polar surface area (TPSA) is 66.9 Å². The van der Waals surface area contributed by atoms with Crippen molar-refractivity contribution in [3.63, 3.8) is 0 Å². The van der Waals surface area contributed by atoms with Gasteiger partial charge >= 0.3 is 5.97 Å². The van der Waals surface area contributed by atoms with Gasteiger partial charge < -0.3 is 4.74 Å². The molecular weight excluding hydrogens is 371 g/mol. The number of carbonyl (C=O) groups excluding carboxylic acids is 1. The number of halogens is 1. The second-order valence-corrected chi connectivity index (χ2v) is 8.69. The lowest BCUT2D eigenvalue weighted by Crippen LogP contribution is -2.43. The van der Waals surface area contributed by atoms with Crippen LogP contribution in [0.25, 0.3) is 0 Å². The summed E-state index contributed by atoms with van der Waals surface area (Å²) in [4.78, 5) is 13.9. The van der Waals surface area contributed by atoms with Crippen LogP contribution in [0.15, 0.2) is 23.1 Å². The summed E-state index contributed by atoms with van der Waals surface area (Å²) in [5, 5.41) is 0. The van der Waals surface area contributed by atoms with E-state index in [2.05, 4.69) is 4.90 Å². The fourth-order valence-corrected chi connectivity index (χ4v) is 4.89. The van der Waals surface area contributed by atoms with Crippen molar-refractivity contribution in [3.8, 4) is 0 Å². The molecule has 0 radical (unpaired) electrons. The summed E-state index contributed by atoms with van der Waals surface area (Å²) >= 11 is 0. The van der Waals surface area contributed by atoms with Gasteiger partial charge in [-0.1, -0.05) is 13.0 Å². The van der Waals surface area contributed by atoms with Crippen LogP contribution in [-0.4, -0.2) is 62.4 Å². The molecule has 0 saturated carbocycles. The maximum atomic E-state index is 13.9. The fourth-order valence-electron chi connectivity index (χ4n) is 3.40. The molecule has 1 saturated heterocycles. The second-order valence-electron chi connectivity index (χ2n) is 6.75.